The Hall–Kier alpha value is -1.96. The summed E-state index contributed by atoms with van der Waals surface area (Å²) in [4.78, 5) is 12.1. The molecule has 2 N–H and O–H groups in total. The van der Waals surface area contributed by atoms with Crippen LogP contribution in [0.2, 0.25) is 5.02 Å². The zero-order valence-corrected chi connectivity index (χ0v) is 13.7. The first-order chi connectivity index (χ1) is 10.8. The first kappa shape index (κ1) is 17.4. The van der Waals surface area contributed by atoms with Gasteiger partial charge in [-0.2, -0.15) is 0 Å². The molecule has 0 saturated carbocycles. The predicted molar refractivity (Wildman–Crippen MR) is 85.3 cm³/mol. The van der Waals surface area contributed by atoms with Crippen LogP contribution in [-0.2, 0) is 16.6 Å². The highest BCUT2D eigenvalue weighted by molar-refractivity contribution is 7.89. The summed E-state index contributed by atoms with van der Waals surface area (Å²) in [5.74, 6) is -1.03. The molecule has 0 unspecified atom stereocenters. The van der Waals surface area contributed by atoms with Gasteiger partial charge in [0.15, 0.2) is 0 Å². The molecule has 8 heteroatoms. The molecule has 0 spiro atoms. The molecule has 0 radical (unpaired) electrons. The molecule has 0 aliphatic rings. The molecule has 122 valence electrons. The third-order valence-electron chi connectivity index (χ3n) is 3.16. The zero-order chi connectivity index (χ0) is 17.0. The van der Waals surface area contributed by atoms with Crippen molar-refractivity contribution in [3.63, 3.8) is 0 Å². The Kier molecular flexibility index (Phi) is 5.35. The molecule has 0 aliphatic heterocycles. The maximum atomic E-state index is 13.5. The molecule has 0 heterocycles. The summed E-state index contributed by atoms with van der Waals surface area (Å²) in [6.45, 7) is -0.0369. The quantitative estimate of drug-likeness (QED) is 0.863. The Balaban J connectivity index is 2.22. The largest absolute Gasteiger partial charge is 0.348 e. The van der Waals surface area contributed by atoms with E-state index in [1.807, 2.05) is 0 Å². The second kappa shape index (κ2) is 7.08. The fourth-order valence-corrected chi connectivity index (χ4v) is 2.84. The van der Waals surface area contributed by atoms with Crippen LogP contribution in [0.1, 0.15) is 15.9 Å². The van der Waals surface area contributed by atoms with Gasteiger partial charge in [-0.15, -0.1) is 0 Å². The van der Waals surface area contributed by atoms with Crippen LogP contribution < -0.4 is 10.0 Å². The van der Waals surface area contributed by atoms with Gasteiger partial charge >= 0.3 is 0 Å². The summed E-state index contributed by atoms with van der Waals surface area (Å²) in [6, 6.07) is 9.81. The Morgan fingerprint density at radius 1 is 1.22 bits per heavy atom. The fraction of sp³-hybridized carbons (Fsp3) is 0.133. The minimum atomic E-state index is -3.69. The van der Waals surface area contributed by atoms with Gasteiger partial charge < -0.3 is 5.32 Å². The first-order valence-corrected chi connectivity index (χ1v) is 8.46. The second-order valence-corrected chi connectivity index (χ2v) is 6.92. The molecule has 0 saturated heterocycles. The molecule has 0 atom stereocenters. The first-order valence-electron chi connectivity index (χ1n) is 6.60. The SMILES string of the molecule is CNS(=O)(=O)c1ccc(Cl)c(C(=O)NCc2ccccc2F)c1. The second-order valence-electron chi connectivity index (χ2n) is 4.62. The van der Waals surface area contributed by atoms with Gasteiger partial charge in [-0.25, -0.2) is 17.5 Å². The lowest BCUT2D eigenvalue weighted by Crippen LogP contribution is -2.25. The molecule has 1 amide bonds. The molecule has 5 nitrogen and oxygen atoms in total. The number of nitrogens with one attached hydrogen (secondary N) is 2. The number of hydrogen-bond donors (Lipinski definition) is 2. The van der Waals surface area contributed by atoms with Crippen LogP contribution in [0, 0.1) is 5.82 Å². The molecule has 2 rings (SSSR count). The van der Waals surface area contributed by atoms with Crippen molar-refractivity contribution in [3.05, 3.63) is 64.4 Å². The number of carbonyl (C=O) groups excluding carboxylic acids is 1. The van der Waals surface area contributed by atoms with E-state index in [1.54, 1.807) is 18.2 Å². The van der Waals surface area contributed by atoms with E-state index in [0.29, 0.717) is 5.56 Å². The van der Waals surface area contributed by atoms with E-state index in [9.17, 15) is 17.6 Å². The predicted octanol–water partition coefficient (Wildman–Crippen LogP) is 2.32. The summed E-state index contributed by atoms with van der Waals surface area (Å²) in [6.07, 6.45) is 0. The molecule has 23 heavy (non-hydrogen) atoms. The van der Waals surface area contributed by atoms with Gasteiger partial charge in [0.05, 0.1) is 15.5 Å². The van der Waals surface area contributed by atoms with Crippen molar-refractivity contribution in [2.45, 2.75) is 11.4 Å². The van der Waals surface area contributed by atoms with E-state index in [-0.39, 0.29) is 22.0 Å². The van der Waals surface area contributed by atoms with Crippen LogP contribution in [0.15, 0.2) is 47.4 Å². The van der Waals surface area contributed by atoms with Gasteiger partial charge in [-0.1, -0.05) is 29.8 Å². The van der Waals surface area contributed by atoms with E-state index in [0.717, 1.165) is 0 Å². The van der Waals surface area contributed by atoms with Crippen LogP contribution >= 0.6 is 11.6 Å². The maximum absolute atomic E-state index is 13.5. The number of rotatable bonds is 5. The van der Waals surface area contributed by atoms with E-state index in [2.05, 4.69) is 10.0 Å². The van der Waals surface area contributed by atoms with Gasteiger partial charge in [-0.3, -0.25) is 4.79 Å². The minimum Gasteiger partial charge on any atom is -0.348 e. The lowest BCUT2D eigenvalue weighted by atomic mass is 10.2. The Morgan fingerprint density at radius 2 is 1.91 bits per heavy atom. The van der Waals surface area contributed by atoms with Gasteiger partial charge in [-0.05, 0) is 31.3 Å². The van der Waals surface area contributed by atoms with Gasteiger partial charge in [0, 0.05) is 12.1 Å². The fourth-order valence-electron chi connectivity index (χ4n) is 1.88. The Labute approximate surface area is 138 Å². The average molecular weight is 357 g/mol. The maximum Gasteiger partial charge on any atom is 0.253 e. The Bertz CT molecular complexity index is 840. The van der Waals surface area contributed by atoms with Gasteiger partial charge in [0.1, 0.15) is 5.82 Å². The van der Waals surface area contributed by atoms with Crippen molar-refractivity contribution in [3.8, 4) is 0 Å². The normalized spacial score (nSPS) is 11.3. The van der Waals surface area contributed by atoms with Crippen molar-refractivity contribution in [2.24, 2.45) is 0 Å². The number of carbonyl (C=O) groups is 1. The summed E-state index contributed by atoms with van der Waals surface area (Å²) in [5.41, 5.74) is 0.315. The molecule has 2 aromatic carbocycles. The standard InChI is InChI=1S/C15H14ClFN2O3S/c1-18-23(21,22)11-6-7-13(16)12(8-11)15(20)19-9-10-4-2-3-5-14(10)17/h2-8,18H,9H2,1H3,(H,19,20). The van der Waals surface area contributed by atoms with Crippen molar-refractivity contribution >= 4 is 27.5 Å². The van der Waals surface area contributed by atoms with Crippen LogP contribution in [0.25, 0.3) is 0 Å². The highest BCUT2D eigenvalue weighted by Crippen LogP contribution is 2.20. The summed E-state index contributed by atoms with van der Waals surface area (Å²) >= 11 is 5.95. The number of sulfonamides is 1. The Morgan fingerprint density at radius 3 is 2.57 bits per heavy atom. The third kappa shape index (κ3) is 4.07. The zero-order valence-electron chi connectivity index (χ0n) is 12.1. The van der Waals surface area contributed by atoms with Crippen molar-refractivity contribution in [1.29, 1.82) is 0 Å². The summed E-state index contributed by atoms with van der Waals surface area (Å²) in [7, 11) is -2.43. The molecule has 2 aromatic rings. The molecule has 0 aromatic heterocycles. The smallest absolute Gasteiger partial charge is 0.253 e. The monoisotopic (exact) mass is 356 g/mol. The number of amides is 1. The topological polar surface area (TPSA) is 75.3 Å². The lowest BCUT2D eigenvalue weighted by molar-refractivity contribution is 0.0950. The molecule has 0 bridgehead atoms. The molecule has 0 fully saturated rings. The summed E-state index contributed by atoms with van der Waals surface area (Å²) < 4.78 is 39.2. The van der Waals surface area contributed by atoms with Crippen LogP contribution in [0.5, 0.6) is 0 Å². The number of hydrogen-bond acceptors (Lipinski definition) is 3. The molecular formula is C15H14ClFN2O3S. The van der Waals surface area contributed by atoms with Crippen LogP contribution in [-0.4, -0.2) is 21.4 Å². The van der Waals surface area contributed by atoms with Crippen molar-refractivity contribution in [1.82, 2.24) is 10.0 Å². The third-order valence-corrected chi connectivity index (χ3v) is 4.90. The van der Waals surface area contributed by atoms with Crippen LogP contribution in [0.4, 0.5) is 4.39 Å². The molecular weight excluding hydrogens is 343 g/mol. The van der Waals surface area contributed by atoms with Gasteiger partial charge in [0.25, 0.3) is 5.91 Å². The molecule has 0 aliphatic carbocycles. The van der Waals surface area contributed by atoms with Crippen LogP contribution in [0.3, 0.4) is 0 Å². The van der Waals surface area contributed by atoms with E-state index >= 15 is 0 Å². The minimum absolute atomic E-state index is 0.000619. The van der Waals surface area contributed by atoms with E-state index in [1.165, 1.54) is 31.3 Å². The highest BCUT2D eigenvalue weighted by Gasteiger charge is 2.17. The van der Waals surface area contributed by atoms with Gasteiger partial charge in [0.2, 0.25) is 10.0 Å². The lowest BCUT2D eigenvalue weighted by Gasteiger charge is -2.09. The summed E-state index contributed by atoms with van der Waals surface area (Å²) in [5, 5.41) is 2.62. The van der Waals surface area contributed by atoms with Crippen molar-refractivity contribution in [2.75, 3.05) is 7.05 Å². The number of benzene rings is 2. The van der Waals surface area contributed by atoms with Crippen molar-refractivity contribution < 1.29 is 17.6 Å². The average Bonchev–Trinajstić information content (AvgIpc) is 2.54. The van der Waals surface area contributed by atoms with E-state index in [4.69, 9.17) is 11.6 Å². The number of halogens is 2. The highest BCUT2D eigenvalue weighted by atomic mass is 35.5. The van der Waals surface area contributed by atoms with E-state index < -0.39 is 21.7 Å².